The molecule has 0 bridgehead atoms. The van der Waals surface area contributed by atoms with Crippen LogP contribution < -0.4 is 15.0 Å². The number of nitro benzene ring substituents is 1. The SMILES string of the molecule is COc1ccc(CSCC(=O)NCC(=O)N2CCN(c3ccccc3)CC2)cc1[N+](=O)[O-]. The van der Waals surface area contributed by atoms with E-state index in [0.717, 1.165) is 24.3 Å². The number of nitrogens with one attached hydrogen (secondary N) is 1. The highest BCUT2D eigenvalue weighted by molar-refractivity contribution is 7.99. The summed E-state index contributed by atoms with van der Waals surface area (Å²) < 4.78 is 4.99. The fourth-order valence-corrected chi connectivity index (χ4v) is 4.22. The lowest BCUT2D eigenvalue weighted by molar-refractivity contribution is -0.385. The maximum atomic E-state index is 12.4. The third kappa shape index (κ3) is 6.36. The Morgan fingerprint density at radius 3 is 2.50 bits per heavy atom. The standard InChI is InChI=1S/C22H26N4O5S/c1-31-20-8-7-17(13-19(20)26(29)30)15-32-16-21(27)23-14-22(28)25-11-9-24(10-12-25)18-5-3-2-4-6-18/h2-8,13H,9-12,14-16H2,1H3,(H,23,27). The minimum atomic E-state index is -0.495. The monoisotopic (exact) mass is 458 g/mol. The lowest BCUT2D eigenvalue weighted by Gasteiger charge is -2.36. The summed E-state index contributed by atoms with van der Waals surface area (Å²) in [7, 11) is 1.38. The van der Waals surface area contributed by atoms with Gasteiger partial charge in [0.1, 0.15) is 0 Å². The number of thioether (sulfide) groups is 1. The highest BCUT2D eigenvalue weighted by atomic mass is 32.2. The van der Waals surface area contributed by atoms with Crippen molar-refractivity contribution >= 4 is 35.0 Å². The van der Waals surface area contributed by atoms with E-state index in [0.29, 0.717) is 18.8 Å². The molecule has 0 radical (unpaired) electrons. The summed E-state index contributed by atoms with van der Waals surface area (Å²) >= 11 is 1.33. The van der Waals surface area contributed by atoms with Crippen molar-refractivity contribution in [1.82, 2.24) is 10.2 Å². The first kappa shape index (κ1) is 23.4. The summed E-state index contributed by atoms with van der Waals surface area (Å²) in [6.07, 6.45) is 0. The van der Waals surface area contributed by atoms with Gasteiger partial charge in [-0.15, -0.1) is 11.8 Å². The Labute approximate surface area is 190 Å². The fraction of sp³-hybridized carbons (Fsp3) is 0.364. The van der Waals surface area contributed by atoms with Crippen molar-refractivity contribution in [3.8, 4) is 5.75 Å². The Morgan fingerprint density at radius 2 is 1.84 bits per heavy atom. The van der Waals surface area contributed by atoms with Crippen LogP contribution in [0.25, 0.3) is 0 Å². The summed E-state index contributed by atoms with van der Waals surface area (Å²) in [6.45, 7) is 2.73. The van der Waals surface area contributed by atoms with Crippen molar-refractivity contribution in [3.05, 3.63) is 64.2 Å². The molecule has 2 aromatic carbocycles. The molecule has 10 heteroatoms. The number of hydrogen-bond acceptors (Lipinski definition) is 7. The van der Waals surface area contributed by atoms with Gasteiger partial charge < -0.3 is 19.9 Å². The Balaban J connectivity index is 1.37. The van der Waals surface area contributed by atoms with Crippen molar-refractivity contribution < 1.29 is 19.2 Å². The Hall–Kier alpha value is -3.27. The van der Waals surface area contributed by atoms with Crippen LogP contribution in [0, 0.1) is 10.1 Å². The van der Waals surface area contributed by atoms with Crippen LogP contribution in [-0.4, -0.2) is 67.2 Å². The molecule has 1 N–H and O–H groups in total. The van der Waals surface area contributed by atoms with Crippen LogP contribution in [0.3, 0.4) is 0 Å². The average molecular weight is 459 g/mol. The van der Waals surface area contributed by atoms with Crippen LogP contribution in [0.2, 0.25) is 0 Å². The van der Waals surface area contributed by atoms with E-state index in [2.05, 4.69) is 22.3 Å². The first-order chi connectivity index (χ1) is 15.5. The molecule has 2 amide bonds. The molecular weight excluding hydrogens is 432 g/mol. The quantitative estimate of drug-likeness (QED) is 0.454. The van der Waals surface area contributed by atoms with Crippen LogP contribution in [0.4, 0.5) is 11.4 Å². The highest BCUT2D eigenvalue weighted by Crippen LogP contribution is 2.28. The summed E-state index contributed by atoms with van der Waals surface area (Å²) in [5.74, 6) is 0.462. The molecule has 0 unspecified atom stereocenters. The van der Waals surface area contributed by atoms with Gasteiger partial charge in [0.2, 0.25) is 11.8 Å². The first-order valence-electron chi connectivity index (χ1n) is 10.2. The van der Waals surface area contributed by atoms with Crippen molar-refractivity contribution in [2.45, 2.75) is 5.75 Å². The van der Waals surface area contributed by atoms with Gasteiger partial charge in [0.05, 0.1) is 24.3 Å². The number of ether oxygens (including phenoxy) is 1. The maximum absolute atomic E-state index is 12.4. The number of nitro groups is 1. The molecule has 0 saturated carbocycles. The van der Waals surface area contributed by atoms with Gasteiger partial charge in [0, 0.05) is 43.7 Å². The third-order valence-corrected chi connectivity index (χ3v) is 6.14. The van der Waals surface area contributed by atoms with E-state index >= 15 is 0 Å². The molecule has 170 valence electrons. The van der Waals surface area contributed by atoms with Gasteiger partial charge in [-0.3, -0.25) is 19.7 Å². The van der Waals surface area contributed by atoms with Gasteiger partial charge in [-0.05, 0) is 23.8 Å². The summed E-state index contributed by atoms with van der Waals surface area (Å²) in [5.41, 5.74) is 1.77. The maximum Gasteiger partial charge on any atom is 0.311 e. The van der Waals surface area contributed by atoms with Crippen LogP contribution in [0.1, 0.15) is 5.56 Å². The number of para-hydroxylation sites is 1. The number of amides is 2. The fourth-order valence-electron chi connectivity index (χ4n) is 3.42. The molecule has 1 saturated heterocycles. The van der Waals surface area contributed by atoms with Crippen molar-refractivity contribution in [3.63, 3.8) is 0 Å². The summed E-state index contributed by atoms with van der Waals surface area (Å²) in [4.78, 5) is 39.1. The number of benzene rings is 2. The zero-order valence-corrected chi connectivity index (χ0v) is 18.7. The zero-order valence-electron chi connectivity index (χ0n) is 17.9. The minimum Gasteiger partial charge on any atom is -0.490 e. The zero-order chi connectivity index (χ0) is 22.9. The van der Waals surface area contributed by atoms with E-state index in [1.165, 1.54) is 24.9 Å². The summed E-state index contributed by atoms with van der Waals surface area (Å²) in [5, 5.41) is 13.8. The molecule has 0 atom stereocenters. The number of nitrogens with zero attached hydrogens (tertiary/aromatic N) is 3. The predicted molar refractivity (Wildman–Crippen MR) is 124 cm³/mol. The van der Waals surface area contributed by atoms with E-state index in [1.807, 2.05) is 18.2 Å². The van der Waals surface area contributed by atoms with Crippen LogP contribution in [0.15, 0.2) is 48.5 Å². The van der Waals surface area contributed by atoms with Crippen LogP contribution in [-0.2, 0) is 15.3 Å². The predicted octanol–water partition coefficient (Wildman–Crippen LogP) is 2.30. The van der Waals surface area contributed by atoms with Crippen molar-refractivity contribution in [2.24, 2.45) is 0 Å². The topological polar surface area (TPSA) is 105 Å². The molecule has 1 fully saturated rings. The molecule has 2 aromatic rings. The molecule has 0 aromatic heterocycles. The van der Waals surface area contributed by atoms with E-state index in [-0.39, 0.29) is 35.5 Å². The molecule has 1 aliphatic rings. The normalized spacial score (nSPS) is 13.5. The van der Waals surface area contributed by atoms with Gasteiger partial charge in [0.25, 0.3) is 0 Å². The lowest BCUT2D eigenvalue weighted by atomic mass is 10.2. The van der Waals surface area contributed by atoms with Gasteiger partial charge in [0.15, 0.2) is 5.75 Å². The number of rotatable bonds is 9. The van der Waals surface area contributed by atoms with Gasteiger partial charge >= 0.3 is 5.69 Å². The average Bonchev–Trinajstić information content (AvgIpc) is 2.83. The lowest BCUT2D eigenvalue weighted by Crippen LogP contribution is -2.51. The Morgan fingerprint density at radius 1 is 1.12 bits per heavy atom. The molecule has 9 nitrogen and oxygen atoms in total. The first-order valence-corrected chi connectivity index (χ1v) is 11.4. The number of carbonyl (C=O) groups excluding carboxylic acids is 2. The molecular formula is C22H26N4O5S. The third-order valence-electron chi connectivity index (χ3n) is 5.13. The molecule has 32 heavy (non-hydrogen) atoms. The number of anilines is 1. The summed E-state index contributed by atoms with van der Waals surface area (Å²) in [6, 6.07) is 14.8. The minimum absolute atomic E-state index is 0.0290. The van der Waals surface area contributed by atoms with Gasteiger partial charge in [-0.25, -0.2) is 0 Å². The van der Waals surface area contributed by atoms with Gasteiger partial charge in [-0.1, -0.05) is 24.3 Å². The van der Waals surface area contributed by atoms with Crippen molar-refractivity contribution in [2.75, 3.05) is 50.5 Å². The number of piperazine rings is 1. The van der Waals surface area contributed by atoms with E-state index < -0.39 is 4.92 Å². The largest absolute Gasteiger partial charge is 0.490 e. The van der Waals surface area contributed by atoms with Gasteiger partial charge in [-0.2, -0.15) is 0 Å². The van der Waals surface area contributed by atoms with E-state index in [4.69, 9.17) is 4.74 Å². The smallest absolute Gasteiger partial charge is 0.311 e. The highest BCUT2D eigenvalue weighted by Gasteiger charge is 2.21. The second-order valence-corrected chi connectivity index (χ2v) is 8.22. The molecule has 1 aliphatic heterocycles. The second kappa shape index (κ2) is 11.4. The van der Waals surface area contributed by atoms with E-state index in [1.54, 1.807) is 17.0 Å². The Kier molecular flexibility index (Phi) is 8.32. The second-order valence-electron chi connectivity index (χ2n) is 7.24. The number of carbonyl (C=O) groups is 2. The molecule has 0 aliphatic carbocycles. The molecule has 3 rings (SSSR count). The number of methoxy groups -OCH3 is 1. The van der Waals surface area contributed by atoms with Crippen molar-refractivity contribution in [1.29, 1.82) is 0 Å². The van der Waals surface area contributed by atoms with Crippen LogP contribution >= 0.6 is 11.8 Å². The van der Waals surface area contributed by atoms with E-state index in [9.17, 15) is 19.7 Å². The number of hydrogen-bond donors (Lipinski definition) is 1. The van der Waals surface area contributed by atoms with Crippen LogP contribution in [0.5, 0.6) is 5.75 Å². The molecule has 0 spiro atoms. The molecule has 1 heterocycles. The Bertz CT molecular complexity index is 949.